The highest BCUT2D eigenvalue weighted by atomic mass is 16.5. The summed E-state index contributed by atoms with van der Waals surface area (Å²) >= 11 is 0. The number of amides is 2. The molecule has 3 unspecified atom stereocenters. The lowest BCUT2D eigenvalue weighted by molar-refractivity contribution is -0.126. The van der Waals surface area contributed by atoms with E-state index >= 15 is 0 Å². The molecular weight excluding hydrogens is 514 g/mol. The van der Waals surface area contributed by atoms with E-state index in [2.05, 4.69) is 31.9 Å². The van der Waals surface area contributed by atoms with Crippen LogP contribution in [0.25, 0.3) is 10.9 Å². The standard InChI is InChI=1S/C33H45N5O3/c1-23(36-32(40)22-38-20-8-7-12-29(38)24-16-18-34-19-17-24)33(27-21-35-28-11-5-4-10-26(27)28)37-31(39)15-14-25-9-3-6-13-30(25)41-2/h3-6,9-11,13,21,23-24,29,33-35H,7-8,12,14-20,22H2,1-2H3,(H,36,40)(H,37,39). The van der Waals surface area contributed by atoms with E-state index in [4.69, 9.17) is 4.74 Å². The molecule has 0 radical (unpaired) electrons. The number of ether oxygens (including phenoxy) is 1. The van der Waals surface area contributed by atoms with Gasteiger partial charge in [-0.25, -0.2) is 0 Å². The first-order valence-electron chi connectivity index (χ1n) is 15.2. The minimum absolute atomic E-state index is 0.0199. The van der Waals surface area contributed by atoms with Gasteiger partial charge in [0.15, 0.2) is 0 Å². The molecule has 3 atom stereocenters. The van der Waals surface area contributed by atoms with Gasteiger partial charge >= 0.3 is 0 Å². The molecule has 0 saturated carbocycles. The van der Waals surface area contributed by atoms with Gasteiger partial charge < -0.3 is 25.7 Å². The van der Waals surface area contributed by atoms with Gasteiger partial charge in [0.25, 0.3) is 0 Å². The number of fused-ring (bicyclic) bond motifs is 1. The van der Waals surface area contributed by atoms with E-state index in [1.165, 1.54) is 25.7 Å². The predicted molar refractivity (Wildman–Crippen MR) is 163 cm³/mol. The zero-order valence-electron chi connectivity index (χ0n) is 24.5. The van der Waals surface area contributed by atoms with Crippen LogP contribution in [-0.2, 0) is 16.0 Å². The summed E-state index contributed by atoms with van der Waals surface area (Å²) in [5, 5.41) is 11.0. The number of hydrogen-bond donors (Lipinski definition) is 4. The number of aromatic amines is 1. The van der Waals surface area contributed by atoms with Gasteiger partial charge in [0, 0.05) is 35.1 Å². The highest BCUT2D eigenvalue weighted by molar-refractivity contribution is 5.85. The van der Waals surface area contributed by atoms with Crippen molar-refractivity contribution in [2.24, 2.45) is 5.92 Å². The van der Waals surface area contributed by atoms with Gasteiger partial charge in [-0.3, -0.25) is 14.5 Å². The van der Waals surface area contributed by atoms with Crippen molar-refractivity contribution in [3.8, 4) is 5.75 Å². The van der Waals surface area contributed by atoms with Gasteiger partial charge in [-0.1, -0.05) is 42.8 Å². The van der Waals surface area contributed by atoms with E-state index in [1.54, 1.807) is 7.11 Å². The molecular formula is C33H45N5O3. The number of nitrogens with zero attached hydrogens (tertiary/aromatic N) is 1. The summed E-state index contributed by atoms with van der Waals surface area (Å²) in [5.41, 5.74) is 2.98. The maximum Gasteiger partial charge on any atom is 0.234 e. The monoisotopic (exact) mass is 559 g/mol. The van der Waals surface area contributed by atoms with Crippen LogP contribution in [0, 0.1) is 5.92 Å². The summed E-state index contributed by atoms with van der Waals surface area (Å²) in [6, 6.07) is 15.7. The summed E-state index contributed by atoms with van der Waals surface area (Å²) in [5.74, 6) is 1.40. The molecule has 3 aromatic rings. The molecule has 8 nitrogen and oxygen atoms in total. The largest absolute Gasteiger partial charge is 0.496 e. The Labute approximate surface area is 243 Å². The molecule has 220 valence electrons. The van der Waals surface area contributed by atoms with Gasteiger partial charge in [-0.05, 0) is 82.3 Å². The van der Waals surface area contributed by atoms with Crippen LogP contribution in [0.4, 0.5) is 0 Å². The van der Waals surface area contributed by atoms with Gasteiger partial charge in [-0.15, -0.1) is 0 Å². The number of H-pyrrole nitrogens is 1. The van der Waals surface area contributed by atoms with Crippen LogP contribution in [0.3, 0.4) is 0 Å². The quantitative estimate of drug-likeness (QED) is 0.281. The molecule has 2 saturated heterocycles. The third-order valence-corrected chi connectivity index (χ3v) is 8.91. The van der Waals surface area contributed by atoms with Crippen LogP contribution >= 0.6 is 0 Å². The topological polar surface area (TPSA) is 98.5 Å². The summed E-state index contributed by atoms with van der Waals surface area (Å²) < 4.78 is 5.47. The number of nitrogens with one attached hydrogen (secondary N) is 4. The Hall–Kier alpha value is -3.36. The first-order chi connectivity index (χ1) is 20.0. The smallest absolute Gasteiger partial charge is 0.234 e. The molecule has 2 amide bonds. The van der Waals surface area contributed by atoms with Crippen LogP contribution in [0.1, 0.15) is 62.6 Å². The van der Waals surface area contributed by atoms with E-state index in [0.717, 1.165) is 53.8 Å². The predicted octanol–water partition coefficient (Wildman–Crippen LogP) is 4.33. The Morgan fingerprint density at radius 1 is 1.00 bits per heavy atom. The fourth-order valence-corrected chi connectivity index (χ4v) is 6.77. The van der Waals surface area contributed by atoms with Crippen LogP contribution < -0.4 is 20.7 Å². The Kier molecular flexibility index (Phi) is 9.96. The highest BCUT2D eigenvalue weighted by Crippen LogP contribution is 2.30. The number of rotatable bonds is 11. The average Bonchev–Trinajstić information content (AvgIpc) is 3.43. The fourth-order valence-electron chi connectivity index (χ4n) is 6.77. The number of carbonyl (C=O) groups excluding carboxylic acids is 2. The molecule has 0 spiro atoms. The number of benzene rings is 2. The number of methoxy groups -OCH3 is 1. The number of likely N-dealkylation sites (tertiary alicyclic amines) is 1. The van der Waals surface area contributed by atoms with E-state index in [1.807, 2.05) is 55.6 Å². The van der Waals surface area contributed by atoms with Crippen LogP contribution in [-0.4, -0.2) is 67.1 Å². The molecule has 0 bridgehead atoms. The lowest BCUT2D eigenvalue weighted by Crippen LogP contribution is -2.52. The Morgan fingerprint density at radius 2 is 1.78 bits per heavy atom. The first kappa shape index (κ1) is 29.1. The normalized spacial score (nSPS) is 19.9. The van der Waals surface area contributed by atoms with E-state index in [-0.39, 0.29) is 23.9 Å². The van der Waals surface area contributed by atoms with Crippen molar-refractivity contribution < 1.29 is 14.3 Å². The molecule has 8 heteroatoms. The number of aryl methyl sites for hydroxylation is 1. The maximum absolute atomic E-state index is 13.5. The number of carbonyl (C=O) groups is 2. The van der Waals surface area contributed by atoms with Crippen LogP contribution in [0.2, 0.25) is 0 Å². The van der Waals surface area contributed by atoms with E-state index in [9.17, 15) is 9.59 Å². The lowest BCUT2D eigenvalue weighted by Gasteiger charge is -2.42. The molecule has 41 heavy (non-hydrogen) atoms. The van der Waals surface area contributed by atoms with Crippen molar-refractivity contribution in [3.05, 3.63) is 65.9 Å². The second-order valence-electron chi connectivity index (χ2n) is 11.6. The van der Waals surface area contributed by atoms with Crippen LogP contribution in [0.15, 0.2) is 54.7 Å². The first-order valence-corrected chi connectivity index (χ1v) is 15.2. The molecule has 5 rings (SSSR count). The van der Waals surface area contributed by atoms with Crippen molar-refractivity contribution in [2.45, 2.75) is 70.0 Å². The Balaban J connectivity index is 1.27. The third-order valence-electron chi connectivity index (χ3n) is 8.91. The zero-order chi connectivity index (χ0) is 28.6. The van der Waals surface area contributed by atoms with Crippen molar-refractivity contribution in [3.63, 3.8) is 0 Å². The minimum Gasteiger partial charge on any atom is -0.496 e. The fraction of sp³-hybridized carbons (Fsp3) is 0.515. The molecule has 2 aromatic carbocycles. The SMILES string of the molecule is COc1ccccc1CCC(=O)NC(c1c[nH]c2ccccc12)C(C)NC(=O)CN1CCCCC1C1CCNCC1. The lowest BCUT2D eigenvalue weighted by atomic mass is 9.84. The molecule has 4 N–H and O–H groups in total. The molecule has 0 aliphatic carbocycles. The maximum atomic E-state index is 13.5. The minimum atomic E-state index is -0.373. The van der Waals surface area contributed by atoms with Crippen molar-refractivity contribution in [1.29, 1.82) is 0 Å². The van der Waals surface area contributed by atoms with Gasteiger partial charge in [0.1, 0.15) is 5.75 Å². The van der Waals surface area contributed by atoms with Gasteiger partial charge in [-0.2, -0.15) is 0 Å². The van der Waals surface area contributed by atoms with E-state index < -0.39 is 0 Å². The van der Waals surface area contributed by atoms with Crippen molar-refractivity contribution in [2.75, 3.05) is 33.3 Å². The van der Waals surface area contributed by atoms with Crippen LogP contribution in [0.5, 0.6) is 5.75 Å². The molecule has 2 aliphatic rings. The van der Waals surface area contributed by atoms with Gasteiger partial charge in [0.05, 0.1) is 25.7 Å². The number of aromatic nitrogens is 1. The Bertz CT molecular complexity index is 1300. The number of piperidine rings is 2. The summed E-state index contributed by atoms with van der Waals surface area (Å²) in [4.78, 5) is 32.5. The average molecular weight is 560 g/mol. The Morgan fingerprint density at radius 3 is 2.61 bits per heavy atom. The van der Waals surface area contributed by atoms with Crippen molar-refractivity contribution in [1.82, 2.24) is 25.8 Å². The molecule has 2 aliphatic heterocycles. The molecule has 3 heterocycles. The molecule has 2 fully saturated rings. The summed E-state index contributed by atoms with van der Waals surface area (Å²) in [7, 11) is 1.65. The molecule has 1 aromatic heterocycles. The number of hydrogen-bond acceptors (Lipinski definition) is 5. The summed E-state index contributed by atoms with van der Waals surface area (Å²) in [6.07, 6.45) is 8.78. The second kappa shape index (κ2) is 14.0. The second-order valence-corrected chi connectivity index (χ2v) is 11.6. The third kappa shape index (κ3) is 7.29. The van der Waals surface area contributed by atoms with E-state index in [0.29, 0.717) is 31.3 Å². The summed E-state index contributed by atoms with van der Waals surface area (Å²) in [6.45, 7) is 5.51. The van der Waals surface area contributed by atoms with Crippen molar-refractivity contribution >= 4 is 22.7 Å². The zero-order valence-corrected chi connectivity index (χ0v) is 24.5. The van der Waals surface area contributed by atoms with Gasteiger partial charge in [0.2, 0.25) is 11.8 Å². The highest BCUT2D eigenvalue weighted by Gasteiger charge is 2.33. The number of para-hydroxylation sites is 2.